The van der Waals surface area contributed by atoms with Crippen molar-refractivity contribution in [3.8, 4) is 6.07 Å². The molecule has 0 saturated carbocycles. The molecule has 2 heteroatoms. The molecule has 18 heavy (non-hydrogen) atoms. The summed E-state index contributed by atoms with van der Waals surface area (Å²) in [7, 11) is 2.11. The lowest BCUT2D eigenvalue weighted by Crippen LogP contribution is -2.18. The summed E-state index contributed by atoms with van der Waals surface area (Å²) < 4.78 is 0. The number of unbranched alkanes of at least 4 members (excludes halogenated alkanes) is 1. The summed E-state index contributed by atoms with van der Waals surface area (Å²) in [6.45, 7) is 6.45. The largest absolute Gasteiger partial charge is 0.302 e. The highest BCUT2D eigenvalue weighted by Crippen LogP contribution is 2.11. The van der Waals surface area contributed by atoms with Crippen molar-refractivity contribution in [1.82, 2.24) is 4.90 Å². The molecular formula is C16H24N2. The summed E-state index contributed by atoms with van der Waals surface area (Å²) in [5.74, 6) is 0.713. The molecule has 0 N–H and O–H groups in total. The van der Waals surface area contributed by atoms with Gasteiger partial charge in [0.1, 0.15) is 0 Å². The van der Waals surface area contributed by atoms with Crippen LogP contribution in [0.5, 0.6) is 0 Å². The molecule has 0 spiro atoms. The van der Waals surface area contributed by atoms with Gasteiger partial charge in [-0.15, -0.1) is 0 Å². The van der Waals surface area contributed by atoms with E-state index in [4.69, 9.17) is 5.26 Å². The second kappa shape index (κ2) is 7.89. The molecule has 0 unspecified atom stereocenters. The van der Waals surface area contributed by atoms with Crippen LogP contribution in [0.1, 0.15) is 37.8 Å². The van der Waals surface area contributed by atoms with Crippen LogP contribution in [0.4, 0.5) is 0 Å². The van der Waals surface area contributed by atoms with E-state index in [1.54, 1.807) is 0 Å². The molecule has 0 atom stereocenters. The normalized spacial score (nSPS) is 10.9. The molecule has 2 nitrogen and oxygen atoms in total. The van der Waals surface area contributed by atoms with Crippen LogP contribution in [-0.2, 0) is 13.0 Å². The van der Waals surface area contributed by atoms with Crippen LogP contribution in [0.15, 0.2) is 24.3 Å². The van der Waals surface area contributed by atoms with E-state index in [1.165, 1.54) is 11.1 Å². The van der Waals surface area contributed by atoms with E-state index in [0.29, 0.717) is 12.3 Å². The van der Waals surface area contributed by atoms with Crippen molar-refractivity contribution in [2.45, 2.75) is 39.7 Å². The van der Waals surface area contributed by atoms with Gasteiger partial charge in [0.2, 0.25) is 0 Å². The number of hydrogen-bond acceptors (Lipinski definition) is 2. The Kier molecular flexibility index (Phi) is 6.46. The lowest BCUT2D eigenvalue weighted by Gasteiger charge is -2.16. The number of rotatable bonds is 7. The van der Waals surface area contributed by atoms with Gasteiger partial charge in [0.05, 0.1) is 6.07 Å². The van der Waals surface area contributed by atoms with Crippen molar-refractivity contribution in [2.24, 2.45) is 5.92 Å². The molecule has 98 valence electrons. The third-order valence-electron chi connectivity index (χ3n) is 2.95. The van der Waals surface area contributed by atoms with Gasteiger partial charge in [-0.3, -0.25) is 0 Å². The van der Waals surface area contributed by atoms with E-state index in [0.717, 1.165) is 25.9 Å². The highest BCUT2D eigenvalue weighted by molar-refractivity contribution is 5.22. The summed E-state index contributed by atoms with van der Waals surface area (Å²) in [6.07, 6.45) is 2.76. The monoisotopic (exact) mass is 244 g/mol. The van der Waals surface area contributed by atoms with Crippen LogP contribution in [0.3, 0.4) is 0 Å². The van der Waals surface area contributed by atoms with Crippen LogP contribution >= 0.6 is 0 Å². The molecule has 0 bridgehead atoms. The Hall–Kier alpha value is -1.33. The van der Waals surface area contributed by atoms with Gasteiger partial charge < -0.3 is 4.90 Å². The molecule has 0 heterocycles. The van der Waals surface area contributed by atoms with Gasteiger partial charge in [-0.25, -0.2) is 0 Å². The van der Waals surface area contributed by atoms with Gasteiger partial charge in [0.15, 0.2) is 0 Å². The Morgan fingerprint density at radius 1 is 1.17 bits per heavy atom. The zero-order valence-corrected chi connectivity index (χ0v) is 11.8. The standard InChI is InChI=1S/C16H24N2/c1-14(2)12-15-6-8-16(9-7-15)13-18(3)11-5-4-10-17/h6-9,14H,4-5,11-13H2,1-3H3. The molecule has 0 aliphatic carbocycles. The minimum absolute atomic E-state index is 0.650. The Morgan fingerprint density at radius 3 is 2.33 bits per heavy atom. The predicted molar refractivity (Wildman–Crippen MR) is 76.2 cm³/mol. The van der Waals surface area contributed by atoms with E-state index in [-0.39, 0.29) is 0 Å². The highest BCUT2D eigenvalue weighted by Gasteiger charge is 2.01. The highest BCUT2D eigenvalue weighted by atomic mass is 15.1. The summed E-state index contributed by atoms with van der Waals surface area (Å²) in [4.78, 5) is 2.27. The molecule has 0 radical (unpaired) electrons. The van der Waals surface area contributed by atoms with Crippen molar-refractivity contribution in [2.75, 3.05) is 13.6 Å². The summed E-state index contributed by atoms with van der Waals surface area (Å²) >= 11 is 0. The van der Waals surface area contributed by atoms with Crippen molar-refractivity contribution in [3.63, 3.8) is 0 Å². The van der Waals surface area contributed by atoms with Crippen LogP contribution in [0.2, 0.25) is 0 Å². The maximum absolute atomic E-state index is 8.50. The van der Waals surface area contributed by atoms with Crippen LogP contribution < -0.4 is 0 Å². The van der Waals surface area contributed by atoms with E-state index >= 15 is 0 Å². The van der Waals surface area contributed by atoms with Gasteiger partial charge in [0, 0.05) is 13.0 Å². The van der Waals surface area contributed by atoms with E-state index in [9.17, 15) is 0 Å². The topological polar surface area (TPSA) is 27.0 Å². The number of nitrogens with zero attached hydrogens (tertiary/aromatic N) is 2. The molecule has 0 fully saturated rings. The maximum Gasteiger partial charge on any atom is 0.0622 e. The van der Waals surface area contributed by atoms with E-state index in [2.05, 4.69) is 56.1 Å². The van der Waals surface area contributed by atoms with Gasteiger partial charge >= 0.3 is 0 Å². The van der Waals surface area contributed by atoms with Crippen molar-refractivity contribution >= 4 is 0 Å². The molecule has 0 aliphatic rings. The van der Waals surface area contributed by atoms with Crippen molar-refractivity contribution in [1.29, 1.82) is 5.26 Å². The molecule has 0 amide bonds. The smallest absolute Gasteiger partial charge is 0.0622 e. The fraction of sp³-hybridized carbons (Fsp3) is 0.562. The second-order valence-corrected chi connectivity index (χ2v) is 5.41. The average molecular weight is 244 g/mol. The Bertz CT molecular complexity index is 373. The van der Waals surface area contributed by atoms with Crippen molar-refractivity contribution in [3.05, 3.63) is 35.4 Å². The average Bonchev–Trinajstić information content (AvgIpc) is 2.31. The zero-order chi connectivity index (χ0) is 13.4. The fourth-order valence-corrected chi connectivity index (χ4v) is 2.07. The predicted octanol–water partition coefficient (Wildman–Crippen LogP) is 3.62. The molecule has 0 aromatic heterocycles. The van der Waals surface area contributed by atoms with Crippen LogP contribution in [0.25, 0.3) is 0 Å². The lowest BCUT2D eigenvalue weighted by atomic mass is 10.0. The van der Waals surface area contributed by atoms with E-state index in [1.807, 2.05) is 0 Å². The first-order valence-electron chi connectivity index (χ1n) is 6.75. The van der Waals surface area contributed by atoms with Crippen molar-refractivity contribution < 1.29 is 0 Å². The maximum atomic E-state index is 8.50. The number of nitriles is 1. The Morgan fingerprint density at radius 2 is 1.78 bits per heavy atom. The number of benzene rings is 1. The first-order valence-corrected chi connectivity index (χ1v) is 6.75. The van der Waals surface area contributed by atoms with Gasteiger partial charge in [-0.1, -0.05) is 38.1 Å². The molecule has 1 rings (SSSR count). The van der Waals surface area contributed by atoms with Gasteiger partial charge in [-0.05, 0) is 43.5 Å². The minimum atomic E-state index is 0.650. The minimum Gasteiger partial charge on any atom is -0.302 e. The van der Waals surface area contributed by atoms with Crippen LogP contribution in [-0.4, -0.2) is 18.5 Å². The first-order chi connectivity index (χ1) is 8.61. The summed E-state index contributed by atoms with van der Waals surface area (Å²) in [6, 6.07) is 11.1. The van der Waals surface area contributed by atoms with Gasteiger partial charge in [-0.2, -0.15) is 5.26 Å². The Balaban J connectivity index is 2.41. The SMILES string of the molecule is CC(C)Cc1ccc(CN(C)CCCC#N)cc1. The first kappa shape index (κ1) is 14.7. The summed E-state index contributed by atoms with van der Waals surface area (Å²) in [5.41, 5.74) is 2.77. The third kappa shape index (κ3) is 5.84. The van der Waals surface area contributed by atoms with Crippen LogP contribution in [0, 0.1) is 17.2 Å². The second-order valence-electron chi connectivity index (χ2n) is 5.41. The molecular weight excluding hydrogens is 220 g/mol. The van der Waals surface area contributed by atoms with E-state index < -0.39 is 0 Å². The molecule has 1 aromatic carbocycles. The molecule has 0 saturated heterocycles. The fourth-order valence-electron chi connectivity index (χ4n) is 2.07. The molecule has 0 aliphatic heterocycles. The molecule has 1 aromatic rings. The quantitative estimate of drug-likeness (QED) is 0.685. The van der Waals surface area contributed by atoms with Gasteiger partial charge in [0.25, 0.3) is 0 Å². The Labute approximate surface area is 111 Å². The lowest BCUT2D eigenvalue weighted by molar-refractivity contribution is 0.323. The number of hydrogen-bond donors (Lipinski definition) is 0. The zero-order valence-electron chi connectivity index (χ0n) is 11.8. The summed E-state index contributed by atoms with van der Waals surface area (Å²) in [5, 5.41) is 8.50. The third-order valence-corrected chi connectivity index (χ3v) is 2.95.